The number of ether oxygens (including phenoxy) is 1. The predicted octanol–water partition coefficient (Wildman–Crippen LogP) is 3.52. The summed E-state index contributed by atoms with van der Waals surface area (Å²) in [6.07, 6.45) is 0. The van der Waals surface area contributed by atoms with Crippen LogP contribution in [0, 0.1) is 5.82 Å². The Balaban J connectivity index is 1.64. The van der Waals surface area contributed by atoms with Gasteiger partial charge in [-0.1, -0.05) is 17.3 Å². The van der Waals surface area contributed by atoms with E-state index in [0.29, 0.717) is 18.3 Å². The van der Waals surface area contributed by atoms with Crippen LogP contribution in [0.4, 0.5) is 4.39 Å². The first kappa shape index (κ1) is 16.1. The van der Waals surface area contributed by atoms with Crippen molar-refractivity contribution in [2.24, 2.45) is 0 Å². The van der Waals surface area contributed by atoms with E-state index in [2.05, 4.69) is 15.0 Å². The Labute approximate surface area is 139 Å². The van der Waals surface area contributed by atoms with Gasteiger partial charge in [-0.05, 0) is 49.0 Å². The van der Waals surface area contributed by atoms with Crippen LogP contribution in [-0.2, 0) is 13.1 Å². The van der Waals surface area contributed by atoms with Gasteiger partial charge in [0.05, 0.1) is 13.7 Å². The van der Waals surface area contributed by atoms with Gasteiger partial charge in [0.15, 0.2) is 0 Å². The van der Waals surface area contributed by atoms with E-state index in [1.165, 1.54) is 12.1 Å². The van der Waals surface area contributed by atoms with Gasteiger partial charge in [0.1, 0.15) is 11.6 Å². The molecular weight excluding hydrogens is 309 g/mol. The molecule has 124 valence electrons. The van der Waals surface area contributed by atoms with E-state index >= 15 is 0 Å². The first-order valence-corrected chi connectivity index (χ1v) is 7.54. The molecule has 0 saturated carbocycles. The fourth-order valence-corrected chi connectivity index (χ4v) is 2.40. The summed E-state index contributed by atoms with van der Waals surface area (Å²) in [6, 6.07) is 13.9. The maximum absolute atomic E-state index is 13.0. The lowest BCUT2D eigenvalue weighted by atomic mass is 10.2. The highest BCUT2D eigenvalue weighted by atomic mass is 19.1. The number of rotatable bonds is 6. The van der Waals surface area contributed by atoms with Gasteiger partial charge < -0.3 is 9.26 Å². The monoisotopic (exact) mass is 327 g/mol. The van der Waals surface area contributed by atoms with Crippen LogP contribution >= 0.6 is 0 Å². The van der Waals surface area contributed by atoms with E-state index < -0.39 is 0 Å². The van der Waals surface area contributed by atoms with Gasteiger partial charge in [0, 0.05) is 12.1 Å². The molecule has 0 amide bonds. The second-order valence-electron chi connectivity index (χ2n) is 5.54. The molecule has 3 aromatic rings. The quantitative estimate of drug-likeness (QED) is 0.693. The molecule has 2 aromatic carbocycles. The molecule has 0 radical (unpaired) electrons. The molecule has 0 aliphatic rings. The molecule has 0 bridgehead atoms. The molecule has 0 unspecified atom stereocenters. The minimum atomic E-state index is -0.291. The van der Waals surface area contributed by atoms with Gasteiger partial charge in [-0.25, -0.2) is 4.39 Å². The molecule has 0 spiro atoms. The molecule has 0 fully saturated rings. The van der Waals surface area contributed by atoms with E-state index in [4.69, 9.17) is 9.26 Å². The maximum atomic E-state index is 13.0. The van der Waals surface area contributed by atoms with Gasteiger partial charge in [-0.15, -0.1) is 0 Å². The van der Waals surface area contributed by atoms with E-state index in [1.807, 2.05) is 31.3 Å². The molecule has 1 aromatic heterocycles. The molecule has 1 heterocycles. The standard InChI is InChI=1S/C18H18FN3O2/c1-22(11-13-4-3-5-16(10-13)23-2)12-17-20-18(21-24-17)14-6-8-15(19)9-7-14/h3-10H,11-12H2,1-2H3. The van der Waals surface area contributed by atoms with Crippen molar-refractivity contribution in [3.63, 3.8) is 0 Å². The zero-order valence-corrected chi connectivity index (χ0v) is 13.6. The van der Waals surface area contributed by atoms with Crippen molar-refractivity contribution in [2.75, 3.05) is 14.2 Å². The summed E-state index contributed by atoms with van der Waals surface area (Å²) in [5, 5.41) is 3.95. The Bertz CT molecular complexity index is 802. The third-order valence-electron chi connectivity index (χ3n) is 3.56. The number of aromatic nitrogens is 2. The summed E-state index contributed by atoms with van der Waals surface area (Å²) in [7, 11) is 3.62. The Morgan fingerprint density at radius 2 is 1.92 bits per heavy atom. The average Bonchev–Trinajstić information content (AvgIpc) is 3.04. The minimum absolute atomic E-state index is 0.291. The second kappa shape index (κ2) is 7.23. The number of methoxy groups -OCH3 is 1. The third kappa shape index (κ3) is 3.97. The maximum Gasteiger partial charge on any atom is 0.241 e. The lowest BCUT2D eigenvalue weighted by molar-refractivity contribution is 0.260. The van der Waals surface area contributed by atoms with Crippen LogP contribution < -0.4 is 4.74 Å². The second-order valence-corrected chi connectivity index (χ2v) is 5.54. The van der Waals surface area contributed by atoms with E-state index in [1.54, 1.807) is 19.2 Å². The Morgan fingerprint density at radius 1 is 1.12 bits per heavy atom. The lowest BCUT2D eigenvalue weighted by Gasteiger charge is -2.14. The van der Waals surface area contributed by atoms with Crippen LogP contribution in [0.3, 0.4) is 0 Å². The lowest BCUT2D eigenvalue weighted by Crippen LogP contribution is -2.17. The van der Waals surface area contributed by atoms with Crippen LogP contribution in [0.2, 0.25) is 0 Å². The van der Waals surface area contributed by atoms with Gasteiger partial charge in [0.2, 0.25) is 11.7 Å². The minimum Gasteiger partial charge on any atom is -0.497 e. The van der Waals surface area contributed by atoms with Crippen molar-refractivity contribution >= 4 is 0 Å². The molecule has 6 heteroatoms. The van der Waals surface area contributed by atoms with E-state index in [0.717, 1.165) is 23.4 Å². The van der Waals surface area contributed by atoms with Crippen LogP contribution in [0.5, 0.6) is 5.75 Å². The molecule has 3 rings (SSSR count). The summed E-state index contributed by atoms with van der Waals surface area (Å²) >= 11 is 0. The summed E-state index contributed by atoms with van der Waals surface area (Å²) in [4.78, 5) is 6.43. The summed E-state index contributed by atoms with van der Waals surface area (Å²) < 4.78 is 23.5. The van der Waals surface area contributed by atoms with Crippen molar-refractivity contribution in [1.29, 1.82) is 0 Å². The summed E-state index contributed by atoms with van der Waals surface area (Å²) in [5.74, 6) is 1.51. The molecule has 0 saturated heterocycles. The highest BCUT2D eigenvalue weighted by Gasteiger charge is 2.11. The molecule has 24 heavy (non-hydrogen) atoms. The number of nitrogens with zero attached hydrogens (tertiary/aromatic N) is 3. The molecule has 0 aliphatic carbocycles. The topological polar surface area (TPSA) is 51.4 Å². The van der Waals surface area contributed by atoms with Gasteiger partial charge in [-0.3, -0.25) is 4.90 Å². The average molecular weight is 327 g/mol. The normalized spacial score (nSPS) is 11.0. The molecule has 0 aliphatic heterocycles. The van der Waals surface area contributed by atoms with E-state index in [-0.39, 0.29) is 5.82 Å². The van der Waals surface area contributed by atoms with Crippen molar-refractivity contribution in [3.05, 3.63) is 65.8 Å². The first-order valence-electron chi connectivity index (χ1n) is 7.54. The third-order valence-corrected chi connectivity index (χ3v) is 3.56. The highest BCUT2D eigenvalue weighted by molar-refractivity contribution is 5.53. The predicted molar refractivity (Wildman–Crippen MR) is 87.9 cm³/mol. The SMILES string of the molecule is COc1cccc(CN(C)Cc2nc(-c3ccc(F)cc3)no2)c1. The molecule has 0 N–H and O–H groups in total. The number of benzene rings is 2. The Kier molecular flexibility index (Phi) is 4.86. The highest BCUT2D eigenvalue weighted by Crippen LogP contribution is 2.18. The molecule has 0 atom stereocenters. The summed E-state index contributed by atoms with van der Waals surface area (Å²) in [6.45, 7) is 1.25. The van der Waals surface area contributed by atoms with Gasteiger partial charge in [0.25, 0.3) is 0 Å². The zero-order chi connectivity index (χ0) is 16.9. The van der Waals surface area contributed by atoms with Crippen molar-refractivity contribution in [2.45, 2.75) is 13.1 Å². The Morgan fingerprint density at radius 3 is 2.67 bits per heavy atom. The van der Waals surface area contributed by atoms with Crippen molar-refractivity contribution in [3.8, 4) is 17.1 Å². The number of halogens is 1. The van der Waals surface area contributed by atoms with Crippen LogP contribution in [0.15, 0.2) is 53.1 Å². The van der Waals surface area contributed by atoms with E-state index in [9.17, 15) is 4.39 Å². The largest absolute Gasteiger partial charge is 0.497 e. The van der Waals surface area contributed by atoms with Crippen LogP contribution in [-0.4, -0.2) is 29.2 Å². The van der Waals surface area contributed by atoms with Crippen LogP contribution in [0.25, 0.3) is 11.4 Å². The number of hydrogen-bond donors (Lipinski definition) is 0. The fraction of sp³-hybridized carbons (Fsp3) is 0.222. The fourth-order valence-electron chi connectivity index (χ4n) is 2.40. The van der Waals surface area contributed by atoms with Crippen molar-refractivity contribution in [1.82, 2.24) is 15.0 Å². The molecule has 5 nitrogen and oxygen atoms in total. The zero-order valence-electron chi connectivity index (χ0n) is 13.6. The first-order chi connectivity index (χ1) is 11.6. The summed E-state index contributed by atoms with van der Waals surface area (Å²) in [5.41, 5.74) is 1.86. The van der Waals surface area contributed by atoms with Gasteiger partial charge >= 0.3 is 0 Å². The smallest absolute Gasteiger partial charge is 0.241 e. The van der Waals surface area contributed by atoms with Crippen molar-refractivity contribution < 1.29 is 13.7 Å². The molecular formula is C18H18FN3O2. The van der Waals surface area contributed by atoms with Crippen LogP contribution in [0.1, 0.15) is 11.5 Å². The Hall–Kier alpha value is -2.73. The van der Waals surface area contributed by atoms with Gasteiger partial charge in [-0.2, -0.15) is 4.98 Å². The number of hydrogen-bond acceptors (Lipinski definition) is 5.